The van der Waals surface area contributed by atoms with Gasteiger partial charge in [0.05, 0.1) is 0 Å². The standard InChI is InChI=1S/C23H25N3O3/c27-19-10-13-26(19)21(23(29)24-16-7-2-1-3-8-16)18-14-15-6-4-11-25-12-5-9-17(20(15)25)22(18)28/h1-3,7-8,14,21,28H,4-6,9-13H2,(H,24,29)/t21-/m1/s1. The van der Waals surface area contributed by atoms with E-state index in [2.05, 4.69) is 10.2 Å². The number of para-hydroxylation sites is 1. The number of β-lactam (4-membered cyclic amide) rings is 1. The van der Waals surface area contributed by atoms with Crippen LogP contribution in [0.1, 0.15) is 42.0 Å². The van der Waals surface area contributed by atoms with E-state index in [-0.39, 0.29) is 17.6 Å². The van der Waals surface area contributed by atoms with Gasteiger partial charge in [0.15, 0.2) is 0 Å². The van der Waals surface area contributed by atoms with Crippen molar-refractivity contribution in [1.82, 2.24) is 4.90 Å². The maximum Gasteiger partial charge on any atom is 0.251 e. The zero-order chi connectivity index (χ0) is 20.0. The number of likely N-dealkylation sites (tertiary alicyclic amines) is 1. The van der Waals surface area contributed by atoms with E-state index in [0.717, 1.165) is 50.0 Å². The summed E-state index contributed by atoms with van der Waals surface area (Å²) in [5.41, 5.74) is 4.52. The molecular formula is C23H25N3O3. The molecule has 1 fully saturated rings. The first-order valence-corrected chi connectivity index (χ1v) is 10.4. The van der Waals surface area contributed by atoms with Crippen LogP contribution in [0.4, 0.5) is 11.4 Å². The molecular weight excluding hydrogens is 366 g/mol. The Kier molecular flexibility index (Phi) is 4.42. The molecule has 6 heteroatoms. The zero-order valence-electron chi connectivity index (χ0n) is 16.4. The molecule has 2 aromatic rings. The summed E-state index contributed by atoms with van der Waals surface area (Å²) in [6, 6.07) is 10.4. The summed E-state index contributed by atoms with van der Waals surface area (Å²) < 4.78 is 0. The van der Waals surface area contributed by atoms with Gasteiger partial charge in [-0.25, -0.2) is 0 Å². The Bertz CT molecular complexity index is 971. The number of benzene rings is 2. The van der Waals surface area contributed by atoms with Crippen LogP contribution in [0.15, 0.2) is 36.4 Å². The SMILES string of the molecule is O=C(Nc1ccccc1)[C@@H](c1cc2c3c(c1O)CCCN3CCC2)N1CCC1=O. The lowest BCUT2D eigenvalue weighted by Gasteiger charge is -2.41. The third kappa shape index (κ3) is 3.03. The van der Waals surface area contributed by atoms with Crippen LogP contribution < -0.4 is 10.2 Å². The average Bonchev–Trinajstić information content (AvgIpc) is 2.74. The van der Waals surface area contributed by atoms with E-state index in [1.54, 1.807) is 4.90 Å². The van der Waals surface area contributed by atoms with Crippen LogP contribution in [0.3, 0.4) is 0 Å². The molecule has 0 spiro atoms. The van der Waals surface area contributed by atoms with Gasteiger partial charge in [-0.3, -0.25) is 9.59 Å². The van der Waals surface area contributed by atoms with Crippen LogP contribution in [-0.2, 0) is 22.4 Å². The van der Waals surface area contributed by atoms with Gasteiger partial charge in [-0.2, -0.15) is 0 Å². The number of aryl methyl sites for hydroxylation is 1. The molecule has 2 aromatic carbocycles. The fraction of sp³-hybridized carbons (Fsp3) is 0.391. The predicted molar refractivity (Wildman–Crippen MR) is 111 cm³/mol. The number of anilines is 2. The molecule has 5 rings (SSSR count). The van der Waals surface area contributed by atoms with Crippen molar-refractivity contribution in [3.8, 4) is 5.75 Å². The molecule has 3 aliphatic heterocycles. The molecule has 29 heavy (non-hydrogen) atoms. The fourth-order valence-corrected chi connectivity index (χ4v) is 4.86. The van der Waals surface area contributed by atoms with Crippen molar-refractivity contribution in [2.24, 2.45) is 0 Å². The molecule has 0 unspecified atom stereocenters. The van der Waals surface area contributed by atoms with E-state index in [0.29, 0.717) is 24.2 Å². The smallest absolute Gasteiger partial charge is 0.251 e. The van der Waals surface area contributed by atoms with Gasteiger partial charge in [-0.05, 0) is 49.4 Å². The third-order valence-corrected chi connectivity index (χ3v) is 6.31. The summed E-state index contributed by atoms with van der Waals surface area (Å²) in [6.45, 7) is 2.56. The number of rotatable bonds is 4. The molecule has 2 N–H and O–H groups in total. The van der Waals surface area contributed by atoms with Crippen LogP contribution in [0.5, 0.6) is 5.75 Å². The average molecular weight is 391 g/mol. The Labute approximate surface area is 170 Å². The molecule has 0 saturated carbocycles. The van der Waals surface area contributed by atoms with Gasteiger partial charge in [-0.15, -0.1) is 0 Å². The Hall–Kier alpha value is -3.02. The summed E-state index contributed by atoms with van der Waals surface area (Å²) >= 11 is 0. The molecule has 0 aromatic heterocycles. The Morgan fingerprint density at radius 3 is 2.48 bits per heavy atom. The number of phenolic OH excluding ortho intramolecular Hbond substituents is 1. The molecule has 3 heterocycles. The second-order valence-electron chi connectivity index (χ2n) is 8.09. The van der Waals surface area contributed by atoms with Crippen LogP contribution in [0, 0.1) is 0 Å². The highest BCUT2D eigenvalue weighted by Crippen LogP contribution is 2.45. The first-order valence-electron chi connectivity index (χ1n) is 10.4. The van der Waals surface area contributed by atoms with Gasteiger partial charge < -0.3 is 20.2 Å². The normalized spacial score (nSPS) is 18.7. The van der Waals surface area contributed by atoms with Crippen molar-refractivity contribution in [1.29, 1.82) is 0 Å². The summed E-state index contributed by atoms with van der Waals surface area (Å²) in [4.78, 5) is 29.5. The molecule has 1 saturated heterocycles. The largest absolute Gasteiger partial charge is 0.507 e. The van der Waals surface area contributed by atoms with Gasteiger partial charge in [-0.1, -0.05) is 18.2 Å². The molecule has 0 radical (unpaired) electrons. The summed E-state index contributed by atoms with van der Waals surface area (Å²) in [5, 5.41) is 14.1. The highest BCUT2D eigenvalue weighted by Gasteiger charge is 2.40. The van der Waals surface area contributed by atoms with E-state index in [9.17, 15) is 14.7 Å². The van der Waals surface area contributed by atoms with Gasteiger partial charge >= 0.3 is 0 Å². The number of nitrogens with zero attached hydrogens (tertiary/aromatic N) is 2. The number of amides is 2. The predicted octanol–water partition coefficient (Wildman–Crippen LogP) is 3.00. The summed E-state index contributed by atoms with van der Waals surface area (Å²) in [5.74, 6) is -0.149. The topological polar surface area (TPSA) is 72.9 Å². The number of hydrogen-bond acceptors (Lipinski definition) is 4. The van der Waals surface area contributed by atoms with E-state index < -0.39 is 6.04 Å². The molecule has 6 nitrogen and oxygen atoms in total. The van der Waals surface area contributed by atoms with E-state index in [1.807, 2.05) is 36.4 Å². The number of nitrogens with one attached hydrogen (secondary N) is 1. The Morgan fingerprint density at radius 2 is 1.79 bits per heavy atom. The van der Waals surface area contributed by atoms with Crippen molar-refractivity contribution < 1.29 is 14.7 Å². The number of hydrogen-bond donors (Lipinski definition) is 2. The van der Waals surface area contributed by atoms with Crippen molar-refractivity contribution in [2.75, 3.05) is 29.9 Å². The second-order valence-corrected chi connectivity index (χ2v) is 8.09. The van der Waals surface area contributed by atoms with Crippen molar-refractivity contribution in [3.63, 3.8) is 0 Å². The number of carbonyl (C=O) groups excluding carboxylic acids is 2. The monoisotopic (exact) mass is 391 g/mol. The summed E-state index contributed by atoms with van der Waals surface area (Å²) in [7, 11) is 0. The van der Waals surface area contributed by atoms with E-state index in [4.69, 9.17) is 0 Å². The van der Waals surface area contributed by atoms with Crippen molar-refractivity contribution in [2.45, 2.75) is 38.1 Å². The second kappa shape index (κ2) is 7.10. The first kappa shape index (κ1) is 18.0. The minimum absolute atomic E-state index is 0.0504. The molecule has 150 valence electrons. The Balaban J connectivity index is 1.58. The van der Waals surface area contributed by atoms with Crippen LogP contribution >= 0.6 is 0 Å². The van der Waals surface area contributed by atoms with Gasteiger partial charge in [0.1, 0.15) is 11.8 Å². The minimum Gasteiger partial charge on any atom is -0.507 e. The molecule has 0 aliphatic carbocycles. The number of aromatic hydroxyl groups is 1. The van der Waals surface area contributed by atoms with Gasteiger partial charge in [0.25, 0.3) is 5.91 Å². The third-order valence-electron chi connectivity index (χ3n) is 6.31. The molecule has 0 bridgehead atoms. The van der Waals surface area contributed by atoms with E-state index in [1.165, 1.54) is 5.56 Å². The van der Waals surface area contributed by atoms with Gasteiger partial charge in [0.2, 0.25) is 5.91 Å². The van der Waals surface area contributed by atoms with Crippen LogP contribution in [-0.4, -0.2) is 41.5 Å². The zero-order valence-corrected chi connectivity index (χ0v) is 16.4. The maximum absolute atomic E-state index is 13.3. The number of phenols is 1. The quantitative estimate of drug-likeness (QED) is 0.786. The lowest BCUT2D eigenvalue weighted by molar-refractivity contribution is -0.147. The van der Waals surface area contributed by atoms with Crippen molar-refractivity contribution >= 4 is 23.2 Å². The van der Waals surface area contributed by atoms with Crippen LogP contribution in [0.2, 0.25) is 0 Å². The lowest BCUT2D eigenvalue weighted by Crippen LogP contribution is -2.49. The number of carbonyl (C=O) groups is 2. The van der Waals surface area contributed by atoms with E-state index >= 15 is 0 Å². The molecule has 3 aliphatic rings. The molecule has 1 atom stereocenters. The highest BCUT2D eigenvalue weighted by atomic mass is 16.3. The van der Waals surface area contributed by atoms with Crippen LogP contribution in [0.25, 0.3) is 0 Å². The van der Waals surface area contributed by atoms with Crippen molar-refractivity contribution in [3.05, 3.63) is 53.1 Å². The first-order chi connectivity index (χ1) is 14.1. The van der Waals surface area contributed by atoms with Gasteiger partial charge in [0, 0.05) is 48.6 Å². The maximum atomic E-state index is 13.3. The lowest BCUT2D eigenvalue weighted by atomic mass is 9.86. The fourth-order valence-electron chi connectivity index (χ4n) is 4.86. The Morgan fingerprint density at radius 1 is 1.03 bits per heavy atom. The minimum atomic E-state index is -0.810. The summed E-state index contributed by atoms with van der Waals surface area (Å²) in [6.07, 6.45) is 4.25. The highest BCUT2D eigenvalue weighted by molar-refractivity contribution is 5.99. The molecule has 2 amide bonds.